The first kappa shape index (κ1) is 63.3. The van der Waals surface area contributed by atoms with Crippen LogP contribution >= 0.6 is 33.3 Å². The van der Waals surface area contributed by atoms with Crippen LogP contribution in [-0.4, -0.2) is 146 Å². The smallest absolute Gasteiger partial charge is 0.243 e. The molecule has 0 spiro atoms. The summed E-state index contributed by atoms with van der Waals surface area (Å²) in [7, 11) is 3.71. The summed E-state index contributed by atoms with van der Waals surface area (Å²) in [6.07, 6.45) is 10.1. The number of primary amides is 2. The van der Waals surface area contributed by atoms with E-state index < -0.39 is 108 Å². The third kappa shape index (κ3) is 21.9. The van der Waals surface area contributed by atoms with Crippen molar-refractivity contribution in [1.29, 1.82) is 0 Å². The topological polar surface area (TPSA) is 363 Å². The molecule has 3 aromatic rings. The number of hydrogen-bond donors (Lipinski definition) is 12. The highest BCUT2D eigenvalue weighted by molar-refractivity contribution is 8.77. The number of rotatable bonds is 34. The highest BCUT2D eigenvalue weighted by atomic mass is 33.1. The Morgan fingerprint density at radius 3 is 2.03 bits per heavy atom. The van der Waals surface area contributed by atoms with E-state index in [1.54, 1.807) is 20.0 Å². The van der Waals surface area contributed by atoms with Gasteiger partial charge in [-0.2, -0.15) is 11.8 Å². The first-order valence-corrected chi connectivity index (χ1v) is 29.7. The van der Waals surface area contributed by atoms with Gasteiger partial charge in [0.05, 0.1) is 12.9 Å². The molecule has 4 rings (SSSR count). The van der Waals surface area contributed by atoms with Gasteiger partial charge in [-0.15, -0.1) is 0 Å². The number of carbonyl (C=O) groups is 10. The van der Waals surface area contributed by atoms with Crippen molar-refractivity contribution in [2.75, 3.05) is 24.3 Å². The van der Waals surface area contributed by atoms with Crippen molar-refractivity contribution in [3.63, 3.8) is 0 Å². The molecular weight excluding hydrogens is 1050 g/mol. The fraction of sp³-hybridized carbons (Fsp3) is 0.588. The Labute approximate surface area is 461 Å². The molecule has 424 valence electrons. The highest BCUT2D eigenvalue weighted by Gasteiger charge is 2.34. The number of thioether (sulfide) groups is 1. The Morgan fingerprint density at radius 2 is 1.38 bits per heavy atom. The summed E-state index contributed by atoms with van der Waals surface area (Å²) in [5.41, 5.74) is 12.9. The number of H-pyrrole nitrogens is 2. The summed E-state index contributed by atoms with van der Waals surface area (Å²) in [6.45, 7) is 7.78. The monoisotopic (exact) mass is 1130 g/mol. The second-order valence-electron chi connectivity index (χ2n) is 19.8. The second kappa shape index (κ2) is 32.5. The largest absolute Gasteiger partial charge is 0.370 e. The van der Waals surface area contributed by atoms with Crippen LogP contribution in [0.1, 0.15) is 104 Å². The van der Waals surface area contributed by atoms with Crippen molar-refractivity contribution in [1.82, 2.24) is 57.5 Å². The van der Waals surface area contributed by atoms with Crippen LogP contribution in [0.15, 0.2) is 43.0 Å². The van der Waals surface area contributed by atoms with Gasteiger partial charge in [0.25, 0.3) is 0 Å². The molecule has 1 unspecified atom stereocenters. The van der Waals surface area contributed by atoms with Gasteiger partial charge in [0.1, 0.15) is 42.3 Å². The van der Waals surface area contributed by atoms with Crippen LogP contribution in [0.2, 0.25) is 0 Å². The number of unbranched alkanes of at least 4 members (excludes halogenated alkanes) is 1. The number of nitrogens with zero attached hydrogens (tertiary/aromatic N) is 1. The zero-order chi connectivity index (χ0) is 56.6. The number of aromatic nitrogens is 3. The van der Waals surface area contributed by atoms with Gasteiger partial charge in [0.15, 0.2) is 0 Å². The standard InChI is InChI=1S/C51H77N13O10S3/c1-28(2)21-38(49(72)61-36(45(53)68)18-19-75-6)62-50(73)40(23-32-25-54-27-57-32)60-43(67)26-56-51(74)44(29(3)4)64-46(69)30(5)58-48(71)39(22-31-24-55-35-13-9-8-12-34(31)35)63-47(70)37(15-16-41(52)65)59-42(66)14-10-7-11-33-17-20-76-77-33/h8-9,12-13,24-25,27-30,33,36-40,44,55H,7,10-11,14-23,26H2,1-6H3,(H2,52,65)(H2,53,68)(H,54,57)(H,56,74)(H,58,71)(H,59,66)(H,60,67)(H,61,72)(H,62,73)(H,63,70)(H,64,69)/t30-,33?,36-,37-,38-,39-,40-,44-/m0/s1. The summed E-state index contributed by atoms with van der Waals surface area (Å²) in [6, 6.07) is -0.969. The SMILES string of the molecule is CSCC[C@H](NC(=O)[C@H](CC(C)C)NC(=O)[C@H](Cc1cnc[nH]1)NC(=O)CNC(=O)[C@@H](NC(=O)[C@H](C)NC(=O)[C@H](Cc1c[nH]c2ccccc12)NC(=O)[C@H](CCC(N)=O)NC(=O)CCCCC1CCSS1)C(C)C)C(N)=O. The van der Waals surface area contributed by atoms with Gasteiger partial charge in [-0.25, -0.2) is 4.98 Å². The van der Waals surface area contributed by atoms with Gasteiger partial charge in [-0.05, 0) is 80.9 Å². The predicted molar refractivity (Wildman–Crippen MR) is 298 cm³/mol. The van der Waals surface area contributed by atoms with Crippen molar-refractivity contribution in [3.05, 3.63) is 54.2 Å². The number of amides is 10. The molecule has 3 heterocycles. The maximum absolute atomic E-state index is 14.2. The molecular formula is C51H77N13O10S3. The first-order valence-electron chi connectivity index (χ1n) is 25.9. The van der Waals surface area contributed by atoms with Crippen LogP contribution in [0, 0.1) is 11.8 Å². The molecule has 1 aromatic carbocycles. The number of nitrogens with two attached hydrogens (primary N) is 2. The number of aromatic amines is 2. The van der Waals surface area contributed by atoms with Gasteiger partial charge in [0, 0.05) is 65.7 Å². The van der Waals surface area contributed by atoms with E-state index in [0.29, 0.717) is 28.7 Å². The molecule has 1 saturated heterocycles. The lowest BCUT2D eigenvalue weighted by molar-refractivity contribution is -0.135. The number of hydrogen-bond acceptors (Lipinski definition) is 14. The molecule has 26 heteroatoms. The van der Waals surface area contributed by atoms with Crippen LogP contribution in [0.4, 0.5) is 0 Å². The maximum Gasteiger partial charge on any atom is 0.243 e. The zero-order valence-electron chi connectivity index (χ0n) is 44.6. The third-order valence-corrected chi connectivity index (χ3v) is 16.3. The summed E-state index contributed by atoms with van der Waals surface area (Å²) in [4.78, 5) is 144. The van der Waals surface area contributed by atoms with Crippen molar-refractivity contribution in [3.8, 4) is 0 Å². The Kier molecular flexibility index (Phi) is 26.7. The Balaban J connectivity index is 1.42. The Bertz CT molecular complexity index is 2470. The zero-order valence-corrected chi connectivity index (χ0v) is 47.1. The molecule has 1 fully saturated rings. The van der Waals surface area contributed by atoms with E-state index in [4.69, 9.17) is 11.5 Å². The summed E-state index contributed by atoms with van der Waals surface area (Å²) < 4.78 is 0. The Morgan fingerprint density at radius 1 is 0.714 bits per heavy atom. The lowest BCUT2D eigenvalue weighted by Gasteiger charge is -2.26. The van der Waals surface area contributed by atoms with Crippen LogP contribution in [-0.2, 0) is 60.8 Å². The summed E-state index contributed by atoms with van der Waals surface area (Å²) in [5.74, 6) is -5.89. The number of nitrogens with one attached hydrogen (secondary N) is 10. The van der Waals surface area contributed by atoms with Gasteiger partial charge >= 0.3 is 0 Å². The van der Waals surface area contributed by atoms with Crippen LogP contribution in [0.3, 0.4) is 0 Å². The molecule has 0 bridgehead atoms. The third-order valence-electron chi connectivity index (χ3n) is 12.6. The number of imidazole rings is 1. The lowest BCUT2D eigenvalue weighted by atomic mass is 10.0. The van der Waals surface area contributed by atoms with E-state index in [2.05, 4.69) is 57.5 Å². The predicted octanol–water partition coefficient (Wildman–Crippen LogP) is 1.13. The van der Waals surface area contributed by atoms with Crippen molar-refractivity contribution in [2.45, 2.75) is 153 Å². The first-order chi connectivity index (χ1) is 36.6. The number of carbonyl (C=O) groups excluding carboxylic acids is 10. The van der Waals surface area contributed by atoms with Crippen molar-refractivity contribution in [2.24, 2.45) is 23.3 Å². The number of benzene rings is 1. The normalized spacial score (nSPS) is 16.0. The van der Waals surface area contributed by atoms with Gasteiger partial charge in [-0.3, -0.25) is 47.9 Å². The minimum absolute atomic E-state index is 0.0445. The van der Waals surface area contributed by atoms with Gasteiger partial charge in [-0.1, -0.05) is 73.9 Å². The van der Waals surface area contributed by atoms with Gasteiger partial charge in [0.2, 0.25) is 59.1 Å². The average Bonchev–Trinajstić information content (AvgIpc) is 4.19. The molecule has 10 amide bonds. The number of para-hydroxylation sites is 1. The molecule has 77 heavy (non-hydrogen) atoms. The molecule has 8 atom stereocenters. The summed E-state index contributed by atoms with van der Waals surface area (Å²) >= 11 is 1.47. The minimum atomic E-state index is -1.30. The van der Waals surface area contributed by atoms with Gasteiger partial charge < -0.3 is 64.0 Å². The van der Waals surface area contributed by atoms with Crippen molar-refractivity contribution < 1.29 is 47.9 Å². The van der Waals surface area contributed by atoms with Crippen LogP contribution < -0.4 is 54.0 Å². The number of fused-ring (bicyclic) bond motifs is 1. The Hall–Kier alpha value is -6.28. The molecule has 1 aliphatic rings. The molecule has 2 aromatic heterocycles. The van der Waals surface area contributed by atoms with E-state index in [1.165, 1.54) is 31.2 Å². The molecule has 0 aliphatic carbocycles. The highest BCUT2D eigenvalue weighted by Crippen LogP contribution is 2.40. The quantitative estimate of drug-likeness (QED) is 0.0295. The van der Waals surface area contributed by atoms with Crippen molar-refractivity contribution >= 4 is 103 Å². The maximum atomic E-state index is 14.2. The molecule has 0 saturated carbocycles. The van der Waals surface area contributed by atoms with E-state index in [9.17, 15) is 47.9 Å². The fourth-order valence-corrected chi connectivity index (χ4v) is 11.9. The van der Waals surface area contributed by atoms with E-state index >= 15 is 0 Å². The van der Waals surface area contributed by atoms with E-state index in [1.807, 2.05) is 66.0 Å². The van der Waals surface area contributed by atoms with E-state index in [0.717, 1.165) is 35.9 Å². The minimum Gasteiger partial charge on any atom is -0.370 e. The van der Waals surface area contributed by atoms with Crippen LogP contribution in [0.5, 0.6) is 0 Å². The van der Waals surface area contributed by atoms with E-state index in [-0.39, 0.29) is 56.8 Å². The molecule has 23 nitrogen and oxygen atoms in total. The second-order valence-corrected chi connectivity index (χ2v) is 23.6. The van der Waals surface area contributed by atoms with Crippen LogP contribution in [0.25, 0.3) is 10.9 Å². The molecule has 1 aliphatic heterocycles. The molecule has 14 N–H and O–H groups in total. The fourth-order valence-electron chi connectivity index (χ4n) is 8.36. The summed E-state index contributed by atoms with van der Waals surface area (Å²) in [5, 5.41) is 22.5. The molecule has 0 radical (unpaired) electrons. The average molecular weight is 1130 g/mol. The lowest BCUT2D eigenvalue weighted by Crippen LogP contribution is -2.59.